The van der Waals surface area contributed by atoms with Gasteiger partial charge < -0.3 is 4.79 Å². The minimum atomic E-state index is 0.483. The van der Waals surface area contributed by atoms with Crippen molar-refractivity contribution < 1.29 is 4.79 Å². The average molecular weight is 249 g/mol. The van der Waals surface area contributed by atoms with Crippen molar-refractivity contribution in [2.24, 2.45) is 0 Å². The van der Waals surface area contributed by atoms with E-state index in [0.717, 1.165) is 12.7 Å². The lowest BCUT2D eigenvalue weighted by molar-refractivity contribution is -0.107. The van der Waals surface area contributed by atoms with Crippen LogP contribution in [0.4, 0.5) is 0 Å². The number of aldehydes is 1. The van der Waals surface area contributed by atoms with E-state index in [0.29, 0.717) is 6.42 Å². The van der Waals surface area contributed by atoms with E-state index in [-0.39, 0.29) is 0 Å². The molecule has 0 unspecified atom stereocenters. The molecule has 1 radical (unpaired) electrons. The zero-order chi connectivity index (χ0) is 13.3. The van der Waals surface area contributed by atoms with E-state index in [2.05, 4.69) is 30.3 Å². The van der Waals surface area contributed by atoms with Gasteiger partial charge in [0.2, 0.25) is 0 Å². The molecule has 2 rings (SSSR count). The Labute approximate surface area is 114 Å². The molecule has 0 aliphatic heterocycles. The van der Waals surface area contributed by atoms with Crippen LogP contribution < -0.4 is 0 Å². The largest absolute Gasteiger partial charge is 0.303 e. The standard InChI is InChI=1S/C18H17O/c19-15-9-3-8-14-18(16-10-4-1-5-11-16)17-12-6-2-7-13-17/h1-8,10-13,15H,9,14H2/b8-3+. The van der Waals surface area contributed by atoms with Crippen molar-refractivity contribution in [3.8, 4) is 0 Å². The van der Waals surface area contributed by atoms with E-state index in [1.54, 1.807) is 0 Å². The molecule has 2 aromatic carbocycles. The van der Waals surface area contributed by atoms with Crippen molar-refractivity contribution in [3.05, 3.63) is 89.9 Å². The number of carbonyl (C=O) groups is 1. The molecule has 0 atom stereocenters. The Morgan fingerprint density at radius 2 is 1.32 bits per heavy atom. The van der Waals surface area contributed by atoms with Crippen LogP contribution in [0.5, 0.6) is 0 Å². The maximum atomic E-state index is 10.3. The van der Waals surface area contributed by atoms with Crippen molar-refractivity contribution in [2.75, 3.05) is 0 Å². The molecule has 95 valence electrons. The second-order valence-corrected chi connectivity index (χ2v) is 4.29. The number of rotatable bonds is 6. The summed E-state index contributed by atoms with van der Waals surface area (Å²) in [5, 5.41) is 0. The summed E-state index contributed by atoms with van der Waals surface area (Å²) in [5.41, 5.74) is 2.45. The Balaban J connectivity index is 2.21. The Bertz CT molecular complexity index is 474. The van der Waals surface area contributed by atoms with Crippen LogP contribution in [0.2, 0.25) is 0 Å². The lowest BCUT2D eigenvalue weighted by Crippen LogP contribution is -2.00. The first-order valence-corrected chi connectivity index (χ1v) is 6.47. The Hall–Kier alpha value is -2.15. The van der Waals surface area contributed by atoms with Gasteiger partial charge in [0.05, 0.1) is 0 Å². The van der Waals surface area contributed by atoms with E-state index in [4.69, 9.17) is 0 Å². The lowest BCUT2D eigenvalue weighted by atomic mass is 9.88. The van der Waals surface area contributed by atoms with Crippen molar-refractivity contribution in [1.29, 1.82) is 0 Å². The molecule has 0 fully saturated rings. The maximum absolute atomic E-state index is 10.3. The van der Waals surface area contributed by atoms with Gasteiger partial charge in [0, 0.05) is 12.3 Å². The van der Waals surface area contributed by atoms with Crippen LogP contribution in [-0.2, 0) is 4.79 Å². The van der Waals surface area contributed by atoms with Gasteiger partial charge in [-0.2, -0.15) is 0 Å². The van der Waals surface area contributed by atoms with Crippen LogP contribution in [0.1, 0.15) is 24.0 Å². The van der Waals surface area contributed by atoms with E-state index in [9.17, 15) is 4.79 Å². The SMILES string of the molecule is O=CC/C=C/C[C](c1ccccc1)c1ccccc1. The van der Waals surface area contributed by atoms with Crippen molar-refractivity contribution in [3.63, 3.8) is 0 Å². The van der Waals surface area contributed by atoms with Gasteiger partial charge in [-0.3, -0.25) is 0 Å². The monoisotopic (exact) mass is 249 g/mol. The average Bonchev–Trinajstić information content (AvgIpc) is 2.49. The third-order valence-electron chi connectivity index (χ3n) is 2.97. The summed E-state index contributed by atoms with van der Waals surface area (Å²) < 4.78 is 0. The first-order chi connectivity index (χ1) is 9.42. The molecular weight excluding hydrogens is 232 g/mol. The fraction of sp³-hybridized carbons (Fsp3) is 0.111. The second kappa shape index (κ2) is 7.32. The summed E-state index contributed by atoms with van der Waals surface area (Å²) >= 11 is 0. The molecule has 0 aliphatic rings. The molecule has 0 amide bonds. The van der Waals surface area contributed by atoms with Gasteiger partial charge in [-0.05, 0) is 17.5 Å². The molecule has 0 aromatic heterocycles. The van der Waals surface area contributed by atoms with Gasteiger partial charge in [0.1, 0.15) is 6.29 Å². The van der Waals surface area contributed by atoms with Crippen LogP contribution in [0.3, 0.4) is 0 Å². The topological polar surface area (TPSA) is 17.1 Å². The number of allylic oxidation sites excluding steroid dienone is 2. The highest BCUT2D eigenvalue weighted by Gasteiger charge is 2.12. The Kier molecular flexibility index (Phi) is 5.12. The summed E-state index contributed by atoms with van der Waals surface area (Å²) in [7, 11) is 0. The number of hydrogen-bond donors (Lipinski definition) is 0. The predicted molar refractivity (Wildman–Crippen MR) is 78.8 cm³/mol. The molecule has 1 nitrogen and oxygen atoms in total. The summed E-state index contributed by atoms with van der Waals surface area (Å²) in [6, 6.07) is 20.7. The van der Waals surface area contributed by atoms with Crippen molar-refractivity contribution >= 4 is 6.29 Å². The molecule has 0 heterocycles. The summed E-state index contributed by atoms with van der Waals surface area (Å²) in [6.45, 7) is 0. The van der Waals surface area contributed by atoms with Crippen LogP contribution in [0.15, 0.2) is 72.8 Å². The van der Waals surface area contributed by atoms with Gasteiger partial charge in [0.25, 0.3) is 0 Å². The van der Waals surface area contributed by atoms with E-state index >= 15 is 0 Å². The van der Waals surface area contributed by atoms with Gasteiger partial charge in [0.15, 0.2) is 0 Å². The normalized spacial score (nSPS) is 11.0. The van der Waals surface area contributed by atoms with Crippen molar-refractivity contribution in [2.45, 2.75) is 12.8 Å². The molecule has 0 aliphatic carbocycles. The van der Waals surface area contributed by atoms with E-state index in [1.165, 1.54) is 17.0 Å². The zero-order valence-electron chi connectivity index (χ0n) is 10.8. The van der Waals surface area contributed by atoms with Crippen LogP contribution in [0, 0.1) is 5.92 Å². The molecule has 0 bridgehead atoms. The molecule has 0 spiro atoms. The summed E-state index contributed by atoms with van der Waals surface area (Å²) in [4.78, 5) is 10.3. The molecule has 0 saturated heterocycles. The van der Waals surface area contributed by atoms with Crippen LogP contribution in [-0.4, -0.2) is 6.29 Å². The molecule has 0 saturated carbocycles. The predicted octanol–water partition coefficient (Wildman–Crippen LogP) is 4.19. The molecule has 1 heteroatoms. The highest BCUT2D eigenvalue weighted by molar-refractivity contribution is 5.52. The van der Waals surface area contributed by atoms with Crippen LogP contribution >= 0.6 is 0 Å². The number of benzene rings is 2. The molecule has 19 heavy (non-hydrogen) atoms. The zero-order valence-corrected chi connectivity index (χ0v) is 10.8. The Morgan fingerprint density at radius 3 is 1.79 bits per heavy atom. The maximum Gasteiger partial charge on any atom is 0.123 e. The number of hydrogen-bond acceptors (Lipinski definition) is 1. The van der Waals surface area contributed by atoms with Crippen molar-refractivity contribution in [1.82, 2.24) is 0 Å². The molecule has 2 aromatic rings. The van der Waals surface area contributed by atoms with E-state index in [1.807, 2.05) is 42.5 Å². The van der Waals surface area contributed by atoms with E-state index < -0.39 is 0 Å². The highest BCUT2D eigenvalue weighted by atomic mass is 16.1. The minimum absolute atomic E-state index is 0.483. The van der Waals surface area contributed by atoms with Crippen LogP contribution in [0.25, 0.3) is 0 Å². The first-order valence-electron chi connectivity index (χ1n) is 6.47. The number of carbonyl (C=O) groups excluding carboxylic acids is 1. The lowest BCUT2D eigenvalue weighted by Gasteiger charge is -2.15. The van der Waals surface area contributed by atoms with Gasteiger partial charge in [-0.1, -0.05) is 72.8 Å². The summed E-state index contributed by atoms with van der Waals surface area (Å²) in [6.07, 6.45) is 6.21. The highest BCUT2D eigenvalue weighted by Crippen LogP contribution is 2.27. The fourth-order valence-corrected chi connectivity index (χ4v) is 2.03. The van der Waals surface area contributed by atoms with Gasteiger partial charge >= 0.3 is 0 Å². The third kappa shape index (κ3) is 3.92. The third-order valence-corrected chi connectivity index (χ3v) is 2.97. The van der Waals surface area contributed by atoms with Gasteiger partial charge in [-0.15, -0.1) is 0 Å². The fourth-order valence-electron chi connectivity index (χ4n) is 2.03. The second-order valence-electron chi connectivity index (χ2n) is 4.29. The molecular formula is C18H17O. The minimum Gasteiger partial charge on any atom is -0.303 e. The quantitative estimate of drug-likeness (QED) is 0.554. The first kappa shape index (κ1) is 13.3. The smallest absolute Gasteiger partial charge is 0.123 e. The molecule has 0 N–H and O–H groups in total. The van der Waals surface area contributed by atoms with Gasteiger partial charge in [-0.25, -0.2) is 0 Å². The Morgan fingerprint density at radius 1 is 0.789 bits per heavy atom. The summed E-state index contributed by atoms with van der Waals surface area (Å²) in [5.74, 6) is 1.28.